The Balaban J connectivity index is 2.43. The molecule has 1 saturated heterocycles. The number of carbonyl (C=O) groups is 1. The van der Waals surface area contributed by atoms with Crippen molar-refractivity contribution in [2.24, 2.45) is 0 Å². The lowest BCUT2D eigenvalue weighted by atomic mass is 10.1. The molecule has 4 nitrogen and oxygen atoms in total. The van der Waals surface area contributed by atoms with Crippen molar-refractivity contribution in [3.63, 3.8) is 0 Å². The fourth-order valence-corrected chi connectivity index (χ4v) is 1.62. The number of hydrogen-bond donors (Lipinski definition) is 0. The SMILES string of the molecule is N#Cc1c(F)cccc1N1CCCOC1=O. The van der Waals surface area contributed by atoms with Gasteiger partial charge in [-0.15, -0.1) is 0 Å². The van der Waals surface area contributed by atoms with Gasteiger partial charge < -0.3 is 4.74 Å². The maximum atomic E-state index is 13.3. The van der Waals surface area contributed by atoms with Crippen molar-refractivity contribution in [2.45, 2.75) is 6.42 Å². The summed E-state index contributed by atoms with van der Waals surface area (Å²) in [6.45, 7) is 0.809. The molecule has 2 rings (SSSR count). The molecule has 0 N–H and O–H groups in total. The van der Waals surface area contributed by atoms with Crippen molar-refractivity contribution in [1.82, 2.24) is 0 Å². The second kappa shape index (κ2) is 4.19. The zero-order valence-corrected chi connectivity index (χ0v) is 8.44. The van der Waals surface area contributed by atoms with Crippen LogP contribution in [0.4, 0.5) is 14.9 Å². The maximum absolute atomic E-state index is 13.3. The van der Waals surface area contributed by atoms with Crippen LogP contribution >= 0.6 is 0 Å². The summed E-state index contributed by atoms with van der Waals surface area (Å²) in [5.74, 6) is -0.627. The van der Waals surface area contributed by atoms with Crippen LogP contribution in [-0.4, -0.2) is 19.2 Å². The number of rotatable bonds is 1. The van der Waals surface area contributed by atoms with Gasteiger partial charge in [0.05, 0.1) is 12.3 Å². The molecule has 0 atom stereocenters. The summed E-state index contributed by atoms with van der Waals surface area (Å²) in [5.41, 5.74) is 0.147. The molecule has 0 bridgehead atoms. The second-order valence-electron chi connectivity index (χ2n) is 3.37. The first-order valence-electron chi connectivity index (χ1n) is 4.87. The minimum absolute atomic E-state index is 0.124. The van der Waals surface area contributed by atoms with Crippen molar-refractivity contribution in [2.75, 3.05) is 18.1 Å². The lowest BCUT2D eigenvalue weighted by Gasteiger charge is -2.26. The van der Waals surface area contributed by atoms with E-state index in [2.05, 4.69) is 0 Å². The van der Waals surface area contributed by atoms with Crippen molar-refractivity contribution < 1.29 is 13.9 Å². The zero-order valence-electron chi connectivity index (χ0n) is 8.44. The lowest BCUT2D eigenvalue weighted by molar-refractivity contribution is 0.140. The minimum Gasteiger partial charge on any atom is -0.449 e. The summed E-state index contributed by atoms with van der Waals surface area (Å²) < 4.78 is 18.2. The van der Waals surface area contributed by atoms with Crippen LogP contribution in [0.1, 0.15) is 12.0 Å². The van der Waals surface area contributed by atoms with Gasteiger partial charge in [-0.05, 0) is 18.6 Å². The van der Waals surface area contributed by atoms with E-state index in [9.17, 15) is 9.18 Å². The average molecular weight is 220 g/mol. The van der Waals surface area contributed by atoms with Gasteiger partial charge in [-0.2, -0.15) is 5.26 Å². The van der Waals surface area contributed by atoms with Crippen LogP contribution in [0.2, 0.25) is 0 Å². The molecule has 1 fully saturated rings. The number of carbonyl (C=O) groups excluding carboxylic acids is 1. The van der Waals surface area contributed by atoms with Gasteiger partial charge in [0.2, 0.25) is 0 Å². The number of amides is 1. The van der Waals surface area contributed by atoms with Crippen LogP contribution in [0.15, 0.2) is 18.2 Å². The largest absolute Gasteiger partial charge is 0.449 e. The Kier molecular flexibility index (Phi) is 2.73. The highest BCUT2D eigenvalue weighted by Gasteiger charge is 2.24. The molecule has 1 aromatic rings. The topological polar surface area (TPSA) is 53.3 Å². The highest BCUT2D eigenvalue weighted by Crippen LogP contribution is 2.24. The van der Waals surface area contributed by atoms with Crippen LogP contribution in [0, 0.1) is 17.1 Å². The Morgan fingerprint density at radius 2 is 2.31 bits per heavy atom. The highest BCUT2D eigenvalue weighted by molar-refractivity contribution is 5.90. The van der Waals surface area contributed by atoms with Crippen molar-refractivity contribution in [1.29, 1.82) is 5.26 Å². The van der Waals surface area contributed by atoms with E-state index >= 15 is 0 Å². The van der Waals surface area contributed by atoms with Crippen LogP contribution in [0.3, 0.4) is 0 Å². The third-order valence-electron chi connectivity index (χ3n) is 2.37. The monoisotopic (exact) mass is 220 g/mol. The maximum Gasteiger partial charge on any atom is 0.414 e. The van der Waals surface area contributed by atoms with Crippen LogP contribution in [-0.2, 0) is 4.74 Å². The quantitative estimate of drug-likeness (QED) is 0.727. The molecule has 0 unspecified atom stereocenters. The molecule has 5 heteroatoms. The second-order valence-corrected chi connectivity index (χ2v) is 3.37. The average Bonchev–Trinajstić information content (AvgIpc) is 2.29. The first-order valence-corrected chi connectivity index (χ1v) is 4.87. The number of nitriles is 1. The molecule has 0 aliphatic carbocycles. The van der Waals surface area contributed by atoms with E-state index in [-0.39, 0.29) is 11.3 Å². The number of hydrogen-bond acceptors (Lipinski definition) is 3. The Morgan fingerprint density at radius 3 is 3.00 bits per heavy atom. The minimum atomic E-state index is -0.627. The Morgan fingerprint density at radius 1 is 1.50 bits per heavy atom. The number of anilines is 1. The van der Waals surface area contributed by atoms with Crippen LogP contribution < -0.4 is 4.90 Å². The van der Waals surface area contributed by atoms with Gasteiger partial charge in [0, 0.05) is 6.54 Å². The summed E-state index contributed by atoms with van der Waals surface area (Å²) in [6, 6.07) is 5.95. The summed E-state index contributed by atoms with van der Waals surface area (Å²) >= 11 is 0. The first-order chi connectivity index (χ1) is 7.74. The predicted octanol–water partition coefficient (Wildman–Crippen LogP) is 2.04. The third kappa shape index (κ3) is 1.70. The number of halogens is 1. The van der Waals surface area contributed by atoms with Crippen molar-refractivity contribution in [3.05, 3.63) is 29.6 Å². The molecule has 16 heavy (non-hydrogen) atoms. The van der Waals surface area contributed by atoms with E-state index in [4.69, 9.17) is 10.00 Å². The van der Waals surface area contributed by atoms with Gasteiger partial charge >= 0.3 is 6.09 Å². The third-order valence-corrected chi connectivity index (χ3v) is 2.37. The van der Waals surface area contributed by atoms with E-state index in [1.165, 1.54) is 23.1 Å². The Bertz CT molecular complexity index is 468. The smallest absolute Gasteiger partial charge is 0.414 e. The van der Waals surface area contributed by atoms with Gasteiger partial charge in [-0.25, -0.2) is 9.18 Å². The van der Waals surface area contributed by atoms with Crippen molar-refractivity contribution >= 4 is 11.8 Å². The van der Waals surface area contributed by atoms with Gasteiger partial charge in [-0.3, -0.25) is 4.90 Å². The predicted molar refractivity (Wildman–Crippen MR) is 54.4 cm³/mol. The summed E-state index contributed by atoms with van der Waals surface area (Å²) in [5, 5.41) is 8.85. The molecule has 0 radical (unpaired) electrons. The highest BCUT2D eigenvalue weighted by atomic mass is 19.1. The standard InChI is InChI=1S/C11H9FN2O2/c12-9-3-1-4-10(8(9)7-13)14-5-2-6-16-11(14)15/h1,3-4H,2,5-6H2. The molecule has 0 saturated carbocycles. The molecule has 0 spiro atoms. The number of nitrogens with zero attached hydrogens (tertiary/aromatic N) is 2. The fourth-order valence-electron chi connectivity index (χ4n) is 1.62. The van der Waals surface area contributed by atoms with Crippen LogP contribution in [0.25, 0.3) is 0 Å². The first kappa shape index (κ1) is 10.4. The summed E-state index contributed by atoms with van der Waals surface area (Å²) in [4.78, 5) is 12.7. The van der Waals surface area contributed by atoms with Crippen molar-refractivity contribution in [3.8, 4) is 6.07 Å². The molecule has 82 valence electrons. The Hall–Kier alpha value is -2.09. The van der Waals surface area contributed by atoms with Gasteiger partial charge in [0.15, 0.2) is 0 Å². The van der Waals surface area contributed by atoms with Gasteiger partial charge in [0.25, 0.3) is 0 Å². The Labute approximate surface area is 91.8 Å². The fraction of sp³-hybridized carbons (Fsp3) is 0.273. The molecule has 1 aliphatic heterocycles. The molecule has 1 heterocycles. The zero-order chi connectivity index (χ0) is 11.5. The molecular formula is C11H9FN2O2. The van der Waals surface area contributed by atoms with Crippen LogP contribution in [0.5, 0.6) is 0 Å². The van der Waals surface area contributed by atoms with E-state index in [0.717, 1.165) is 0 Å². The number of benzene rings is 1. The van der Waals surface area contributed by atoms with E-state index in [0.29, 0.717) is 19.6 Å². The van der Waals surface area contributed by atoms with E-state index in [1.807, 2.05) is 0 Å². The summed E-state index contributed by atoms with van der Waals surface area (Å²) in [7, 11) is 0. The van der Waals surface area contributed by atoms with E-state index in [1.54, 1.807) is 6.07 Å². The van der Waals surface area contributed by atoms with Gasteiger partial charge in [0.1, 0.15) is 17.4 Å². The summed E-state index contributed by atoms with van der Waals surface area (Å²) in [6.07, 6.45) is 0.140. The normalized spacial score (nSPS) is 15.5. The number of ether oxygens (including phenoxy) is 1. The molecule has 1 aromatic carbocycles. The molecule has 1 amide bonds. The molecule has 0 aromatic heterocycles. The lowest BCUT2D eigenvalue weighted by Crippen LogP contribution is -2.38. The van der Waals surface area contributed by atoms with E-state index < -0.39 is 11.9 Å². The molecular weight excluding hydrogens is 211 g/mol. The molecule has 1 aliphatic rings. The van der Waals surface area contributed by atoms with Gasteiger partial charge in [-0.1, -0.05) is 6.07 Å². The number of cyclic esters (lactones) is 1.